The van der Waals surface area contributed by atoms with Crippen LogP contribution in [-0.4, -0.2) is 21.4 Å². The van der Waals surface area contributed by atoms with Crippen molar-refractivity contribution in [2.24, 2.45) is 0 Å². The van der Waals surface area contributed by atoms with Gasteiger partial charge in [-0.15, -0.1) is 0 Å². The predicted molar refractivity (Wildman–Crippen MR) is 35.0 cm³/mol. The van der Waals surface area contributed by atoms with E-state index in [1.54, 1.807) is 6.07 Å². The van der Waals surface area contributed by atoms with Gasteiger partial charge in [-0.1, -0.05) is 0 Å². The molecule has 0 bridgehead atoms. The molecule has 1 rings (SSSR count). The fraction of sp³-hybridized carbons (Fsp3) is 0. The van der Waals surface area contributed by atoms with Crippen molar-refractivity contribution in [2.45, 2.75) is 0 Å². The average Bonchev–Trinajstić information content (AvgIpc) is 2.34. The largest absolute Gasteiger partial charge is 0.465 e. The highest BCUT2D eigenvalue weighted by molar-refractivity contribution is 5.83. The van der Waals surface area contributed by atoms with Crippen molar-refractivity contribution in [3.8, 4) is 6.07 Å². The van der Waals surface area contributed by atoms with Crippen LogP contribution in [0.15, 0.2) is 6.20 Å². The lowest BCUT2D eigenvalue weighted by Crippen LogP contribution is -2.08. The number of rotatable bonds is 1. The fourth-order valence-corrected chi connectivity index (χ4v) is 0.572. The summed E-state index contributed by atoms with van der Waals surface area (Å²) in [7, 11) is 0. The van der Waals surface area contributed by atoms with Crippen LogP contribution in [-0.2, 0) is 0 Å². The Balaban J connectivity index is 2.87. The lowest BCUT2D eigenvalue weighted by Gasteiger charge is -1.92. The van der Waals surface area contributed by atoms with Crippen LogP contribution in [0.2, 0.25) is 0 Å². The number of anilines is 1. The van der Waals surface area contributed by atoms with Gasteiger partial charge in [-0.3, -0.25) is 10.4 Å². The maximum atomic E-state index is 10.1. The fourth-order valence-electron chi connectivity index (χ4n) is 0.572. The van der Waals surface area contributed by atoms with E-state index in [-0.39, 0.29) is 11.4 Å². The van der Waals surface area contributed by atoms with E-state index in [0.29, 0.717) is 0 Å². The van der Waals surface area contributed by atoms with Gasteiger partial charge in [0.15, 0.2) is 5.82 Å². The van der Waals surface area contributed by atoms with E-state index in [4.69, 9.17) is 10.4 Å². The molecule has 0 aliphatic rings. The number of nitriles is 1. The number of amides is 1. The minimum atomic E-state index is -1.24. The first-order valence-electron chi connectivity index (χ1n) is 2.68. The van der Waals surface area contributed by atoms with Crippen molar-refractivity contribution in [3.63, 3.8) is 0 Å². The molecule has 6 nitrogen and oxygen atoms in total. The molecule has 3 N–H and O–H groups in total. The van der Waals surface area contributed by atoms with Gasteiger partial charge < -0.3 is 5.11 Å². The van der Waals surface area contributed by atoms with E-state index in [2.05, 4.69) is 10.2 Å². The molecule has 0 unspecified atom stereocenters. The van der Waals surface area contributed by atoms with Crippen LogP contribution in [0.5, 0.6) is 0 Å². The maximum Gasteiger partial charge on any atom is 0.410 e. The summed E-state index contributed by atoms with van der Waals surface area (Å²) in [4.78, 5) is 10.1. The predicted octanol–water partition coefficient (Wildman–Crippen LogP) is 0.371. The summed E-state index contributed by atoms with van der Waals surface area (Å²) in [6.45, 7) is 0. The van der Waals surface area contributed by atoms with Crippen molar-refractivity contribution in [1.29, 1.82) is 5.26 Å². The van der Waals surface area contributed by atoms with E-state index in [9.17, 15) is 4.79 Å². The number of nitrogens with one attached hydrogen (secondary N) is 2. The number of hydrogen-bond acceptors (Lipinski definition) is 3. The zero-order chi connectivity index (χ0) is 8.27. The minimum absolute atomic E-state index is 0.0278. The zero-order valence-corrected chi connectivity index (χ0v) is 5.33. The molecule has 0 aliphatic carbocycles. The van der Waals surface area contributed by atoms with Gasteiger partial charge >= 0.3 is 6.09 Å². The van der Waals surface area contributed by atoms with Crippen LogP contribution in [0, 0.1) is 11.3 Å². The van der Waals surface area contributed by atoms with Gasteiger partial charge in [-0.05, 0) is 0 Å². The lowest BCUT2D eigenvalue weighted by atomic mass is 10.4. The second-order valence-corrected chi connectivity index (χ2v) is 1.69. The van der Waals surface area contributed by atoms with Crippen LogP contribution in [0.25, 0.3) is 0 Å². The lowest BCUT2D eigenvalue weighted by molar-refractivity contribution is 0.209. The quantitative estimate of drug-likeness (QED) is 0.541. The molecule has 0 aliphatic heterocycles. The van der Waals surface area contributed by atoms with E-state index in [1.165, 1.54) is 6.20 Å². The van der Waals surface area contributed by atoms with Crippen LogP contribution in [0.4, 0.5) is 10.6 Å². The van der Waals surface area contributed by atoms with Gasteiger partial charge in [0, 0.05) is 6.20 Å². The summed E-state index contributed by atoms with van der Waals surface area (Å²) in [6.07, 6.45) is 0.0688. The van der Waals surface area contributed by atoms with Gasteiger partial charge in [0.1, 0.15) is 11.6 Å². The first kappa shape index (κ1) is 7.08. The van der Waals surface area contributed by atoms with Crippen molar-refractivity contribution in [3.05, 3.63) is 11.8 Å². The van der Waals surface area contributed by atoms with Crippen molar-refractivity contribution in [1.82, 2.24) is 10.2 Å². The highest BCUT2D eigenvalue weighted by atomic mass is 16.4. The van der Waals surface area contributed by atoms with Gasteiger partial charge in [0.25, 0.3) is 0 Å². The highest BCUT2D eigenvalue weighted by Crippen LogP contribution is 2.07. The van der Waals surface area contributed by atoms with Gasteiger partial charge in [-0.2, -0.15) is 10.4 Å². The number of nitrogens with zero attached hydrogens (tertiary/aromatic N) is 2. The Morgan fingerprint density at radius 1 is 1.91 bits per heavy atom. The van der Waals surface area contributed by atoms with Crippen molar-refractivity contribution < 1.29 is 9.90 Å². The highest BCUT2D eigenvalue weighted by Gasteiger charge is 2.06. The smallest absolute Gasteiger partial charge is 0.410 e. The monoisotopic (exact) mass is 152 g/mol. The number of aromatic nitrogens is 2. The van der Waals surface area contributed by atoms with Crippen LogP contribution >= 0.6 is 0 Å². The number of aromatic amines is 1. The second-order valence-electron chi connectivity index (χ2n) is 1.69. The SMILES string of the molecule is N#Cc1c[nH]nc1NC(=O)O. The molecule has 0 saturated carbocycles. The molecule has 56 valence electrons. The molecule has 0 saturated heterocycles. The minimum Gasteiger partial charge on any atom is -0.465 e. The van der Waals surface area contributed by atoms with Gasteiger partial charge in [0.05, 0.1) is 0 Å². The molecule has 6 heteroatoms. The number of carboxylic acid groups (broad SMARTS) is 1. The summed E-state index contributed by atoms with van der Waals surface area (Å²) in [5.41, 5.74) is 0.174. The Bertz CT molecular complexity index is 311. The molecule has 11 heavy (non-hydrogen) atoms. The molecule has 1 amide bonds. The molecule has 1 aromatic heterocycles. The second kappa shape index (κ2) is 2.70. The number of H-pyrrole nitrogens is 1. The van der Waals surface area contributed by atoms with E-state index >= 15 is 0 Å². The van der Waals surface area contributed by atoms with E-state index < -0.39 is 6.09 Å². The normalized spacial score (nSPS) is 8.64. The van der Waals surface area contributed by atoms with Crippen LogP contribution < -0.4 is 5.32 Å². The van der Waals surface area contributed by atoms with E-state index in [0.717, 1.165) is 0 Å². The van der Waals surface area contributed by atoms with Crippen molar-refractivity contribution >= 4 is 11.9 Å². The molecular formula is C5H4N4O2. The third kappa shape index (κ3) is 1.46. The summed E-state index contributed by atoms with van der Waals surface area (Å²) < 4.78 is 0. The molecule has 1 aromatic rings. The third-order valence-corrected chi connectivity index (χ3v) is 0.986. The molecule has 1 heterocycles. The van der Waals surface area contributed by atoms with Crippen molar-refractivity contribution in [2.75, 3.05) is 5.32 Å². The Morgan fingerprint density at radius 2 is 2.64 bits per heavy atom. The number of hydrogen-bond donors (Lipinski definition) is 3. The molecule has 0 radical (unpaired) electrons. The van der Waals surface area contributed by atoms with Gasteiger partial charge in [0.2, 0.25) is 0 Å². The topological polar surface area (TPSA) is 102 Å². The Hall–Kier alpha value is -2.03. The Morgan fingerprint density at radius 3 is 3.18 bits per heavy atom. The van der Waals surface area contributed by atoms with Crippen LogP contribution in [0.3, 0.4) is 0 Å². The maximum absolute atomic E-state index is 10.1. The molecule has 0 fully saturated rings. The summed E-state index contributed by atoms with van der Waals surface area (Å²) >= 11 is 0. The van der Waals surface area contributed by atoms with Gasteiger partial charge in [-0.25, -0.2) is 4.79 Å². The molecule has 0 aromatic carbocycles. The first-order valence-corrected chi connectivity index (χ1v) is 2.68. The summed E-state index contributed by atoms with van der Waals surface area (Å²) in [5, 5.41) is 24.4. The molecule has 0 spiro atoms. The average molecular weight is 152 g/mol. The summed E-state index contributed by atoms with van der Waals surface area (Å²) in [6, 6.07) is 1.76. The Kier molecular flexibility index (Phi) is 1.74. The zero-order valence-electron chi connectivity index (χ0n) is 5.33. The first-order chi connectivity index (χ1) is 5.24. The van der Waals surface area contributed by atoms with E-state index in [1.807, 2.05) is 5.32 Å². The molecule has 0 atom stereocenters. The third-order valence-electron chi connectivity index (χ3n) is 0.986. The molecular weight excluding hydrogens is 148 g/mol. The standard InChI is InChI=1S/C5H4N4O2/c6-1-3-2-7-9-4(3)8-5(10)11/h2H,(H,10,11)(H2,7,8,9). The Labute approximate surface area is 61.5 Å². The summed E-state index contributed by atoms with van der Waals surface area (Å²) in [5.74, 6) is 0.0278. The number of carbonyl (C=O) groups is 1. The van der Waals surface area contributed by atoms with Crippen LogP contribution in [0.1, 0.15) is 5.56 Å².